The average Bonchev–Trinajstić information content (AvgIpc) is 2.83. The van der Waals surface area contributed by atoms with Crippen molar-refractivity contribution < 1.29 is 19.5 Å². The molecule has 0 spiro atoms. The zero-order chi connectivity index (χ0) is 19.3. The van der Waals surface area contributed by atoms with Crippen LogP contribution in [0.3, 0.4) is 0 Å². The van der Waals surface area contributed by atoms with Crippen LogP contribution in [0.4, 0.5) is 5.69 Å². The van der Waals surface area contributed by atoms with Crippen LogP contribution in [0.5, 0.6) is 0 Å². The SMILES string of the molecule is CN1C(=O)[C@@](O)(CC(=O)[C@H]2CCc3ccccc3C2=O)c2cc(Cl)ccc21. The number of carbonyl (C=O) groups is 3. The summed E-state index contributed by atoms with van der Waals surface area (Å²) >= 11 is 6.03. The fraction of sp³-hybridized carbons (Fsp3) is 0.286. The monoisotopic (exact) mass is 383 g/mol. The number of hydrogen-bond acceptors (Lipinski definition) is 4. The Morgan fingerprint density at radius 1 is 1.26 bits per heavy atom. The number of Topliss-reactive ketones (excluding diaryl/α,β-unsaturated/α-hetero) is 2. The van der Waals surface area contributed by atoms with Gasteiger partial charge in [-0.2, -0.15) is 0 Å². The normalized spacial score (nSPS) is 24.0. The molecule has 27 heavy (non-hydrogen) atoms. The van der Waals surface area contributed by atoms with Crippen LogP contribution in [-0.2, 0) is 21.6 Å². The van der Waals surface area contributed by atoms with E-state index in [4.69, 9.17) is 11.6 Å². The van der Waals surface area contributed by atoms with Crippen molar-refractivity contribution in [3.8, 4) is 0 Å². The van der Waals surface area contributed by atoms with Crippen molar-refractivity contribution in [3.05, 3.63) is 64.2 Å². The van der Waals surface area contributed by atoms with Gasteiger partial charge in [-0.05, 0) is 36.6 Å². The predicted octanol–water partition coefficient (Wildman–Crippen LogP) is 2.91. The molecule has 1 aliphatic carbocycles. The summed E-state index contributed by atoms with van der Waals surface area (Å²) in [6.07, 6.45) is 0.562. The molecule has 4 rings (SSSR count). The van der Waals surface area contributed by atoms with Crippen LogP contribution >= 0.6 is 11.6 Å². The van der Waals surface area contributed by atoms with Crippen molar-refractivity contribution in [1.82, 2.24) is 0 Å². The lowest BCUT2D eigenvalue weighted by Crippen LogP contribution is -2.42. The Bertz CT molecular complexity index is 986. The highest BCUT2D eigenvalue weighted by Crippen LogP contribution is 2.43. The maximum atomic E-state index is 12.9. The minimum atomic E-state index is -2.00. The molecule has 2 aromatic rings. The van der Waals surface area contributed by atoms with Gasteiger partial charge in [0, 0.05) is 29.6 Å². The first-order valence-corrected chi connectivity index (χ1v) is 9.16. The minimum absolute atomic E-state index is 0.240. The van der Waals surface area contributed by atoms with Gasteiger partial charge in [0.25, 0.3) is 5.91 Å². The van der Waals surface area contributed by atoms with Crippen LogP contribution in [-0.4, -0.2) is 29.6 Å². The third-order valence-electron chi connectivity index (χ3n) is 5.54. The molecule has 1 heterocycles. The Hall–Kier alpha value is -2.50. The van der Waals surface area contributed by atoms with Gasteiger partial charge >= 0.3 is 0 Å². The number of anilines is 1. The molecule has 1 amide bonds. The first-order valence-electron chi connectivity index (χ1n) is 8.78. The van der Waals surface area contributed by atoms with Gasteiger partial charge in [-0.15, -0.1) is 0 Å². The van der Waals surface area contributed by atoms with Crippen LogP contribution in [0.1, 0.15) is 34.3 Å². The summed E-state index contributed by atoms with van der Waals surface area (Å²) in [6, 6.07) is 12.0. The second kappa shape index (κ2) is 6.29. The maximum absolute atomic E-state index is 12.9. The second-order valence-electron chi connectivity index (χ2n) is 7.14. The zero-order valence-electron chi connectivity index (χ0n) is 14.7. The summed E-state index contributed by atoms with van der Waals surface area (Å²) in [5, 5.41) is 11.5. The van der Waals surface area contributed by atoms with Gasteiger partial charge in [-0.3, -0.25) is 14.4 Å². The molecule has 2 aromatic carbocycles. The highest BCUT2D eigenvalue weighted by atomic mass is 35.5. The number of likely N-dealkylation sites (N-methyl/N-ethyl adjacent to an activating group) is 1. The molecule has 0 radical (unpaired) electrons. The molecule has 1 N–H and O–H groups in total. The fourth-order valence-corrected chi connectivity index (χ4v) is 4.26. The fourth-order valence-electron chi connectivity index (χ4n) is 4.08. The van der Waals surface area contributed by atoms with E-state index in [0.717, 1.165) is 5.56 Å². The van der Waals surface area contributed by atoms with Crippen LogP contribution in [0.25, 0.3) is 0 Å². The van der Waals surface area contributed by atoms with Crippen LogP contribution in [0.15, 0.2) is 42.5 Å². The van der Waals surface area contributed by atoms with Gasteiger partial charge in [0.1, 0.15) is 5.78 Å². The Morgan fingerprint density at radius 3 is 2.78 bits per heavy atom. The molecular weight excluding hydrogens is 366 g/mol. The lowest BCUT2D eigenvalue weighted by atomic mass is 9.77. The third-order valence-corrected chi connectivity index (χ3v) is 5.78. The molecule has 6 heteroatoms. The molecule has 0 saturated carbocycles. The van der Waals surface area contributed by atoms with Gasteiger partial charge < -0.3 is 10.0 Å². The number of ketones is 2. The summed E-state index contributed by atoms with van der Waals surface area (Å²) < 4.78 is 0. The maximum Gasteiger partial charge on any atom is 0.263 e. The van der Waals surface area contributed by atoms with E-state index in [1.165, 1.54) is 11.0 Å². The van der Waals surface area contributed by atoms with Crippen LogP contribution in [0, 0.1) is 5.92 Å². The number of rotatable bonds is 3. The molecule has 2 atom stereocenters. The van der Waals surface area contributed by atoms with E-state index >= 15 is 0 Å². The van der Waals surface area contributed by atoms with Crippen molar-refractivity contribution in [2.45, 2.75) is 24.9 Å². The standard InChI is InChI=1S/C21H18ClNO4/c1-23-17-9-7-13(22)10-16(17)21(27,20(23)26)11-18(24)15-8-6-12-4-2-3-5-14(12)19(15)25/h2-5,7,9-10,15,27H,6,8,11H2,1H3/t15-,21-/m1/s1. The van der Waals surface area contributed by atoms with Crippen molar-refractivity contribution in [2.75, 3.05) is 11.9 Å². The Balaban J connectivity index is 1.65. The van der Waals surface area contributed by atoms with E-state index in [1.54, 1.807) is 31.3 Å². The summed E-state index contributed by atoms with van der Waals surface area (Å²) in [4.78, 5) is 39.7. The first kappa shape index (κ1) is 17.9. The lowest BCUT2D eigenvalue weighted by Gasteiger charge is -2.26. The van der Waals surface area contributed by atoms with Gasteiger partial charge in [0.15, 0.2) is 11.4 Å². The molecule has 0 saturated heterocycles. The van der Waals surface area contributed by atoms with E-state index < -0.39 is 29.6 Å². The summed E-state index contributed by atoms with van der Waals surface area (Å²) in [5.41, 5.74) is 0.300. The smallest absolute Gasteiger partial charge is 0.263 e. The zero-order valence-corrected chi connectivity index (χ0v) is 15.5. The van der Waals surface area contributed by atoms with Crippen molar-refractivity contribution >= 4 is 34.8 Å². The van der Waals surface area contributed by atoms with Crippen LogP contribution < -0.4 is 4.90 Å². The van der Waals surface area contributed by atoms with Crippen molar-refractivity contribution in [1.29, 1.82) is 0 Å². The van der Waals surface area contributed by atoms with Gasteiger partial charge in [-0.1, -0.05) is 35.9 Å². The second-order valence-corrected chi connectivity index (χ2v) is 7.58. The molecule has 0 unspecified atom stereocenters. The molecule has 0 fully saturated rings. The van der Waals surface area contributed by atoms with E-state index in [0.29, 0.717) is 34.7 Å². The molecular formula is C21H18ClNO4. The Kier molecular flexibility index (Phi) is 4.17. The summed E-state index contributed by atoms with van der Waals surface area (Å²) in [6.45, 7) is 0. The molecule has 0 bridgehead atoms. The highest BCUT2D eigenvalue weighted by molar-refractivity contribution is 6.31. The molecule has 2 aliphatic rings. The topological polar surface area (TPSA) is 74.7 Å². The number of hydrogen-bond donors (Lipinski definition) is 1. The summed E-state index contributed by atoms with van der Waals surface area (Å²) in [5.74, 6) is -2.09. The van der Waals surface area contributed by atoms with E-state index in [9.17, 15) is 19.5 Å². The number of aliphatic hydroxyl groups is 1. The Labute approximate surface area is 161 Å². The molecule has 5 nitrogen and oxygen atoms in total. The van der Waals surface area contributed by atoms with E-state index in [1.807, 2.05) is 12.1 Å². The van der Waals surface area contributed by atoms with Gasteiger partial charge in [0.2, 0.25) is 0 Å². The molecule has 0 aromatic heterocycles. The number of benzene rings is 2. The predicted molar refractivity (Wildman–Crippen MR) is 101 cm³/mol. The highest BCUT2D eigenvalue weighted by Gasteiger charge is 2.51. The number of fused-ring (bicyclic) bond motifs is 2. The van der Waals surface area contributed by atoms with Gasteiger partial charge in [-0.25, -0.2) is 0 Å². The van der Waals surface area contributed by atoms with Crippen molar-refractivity contribution in [3.63, 3.8) is 0 Å². The minimum Gasteiger partial charge on any atom is -0.375 e. The largest absolute Gasteiger partial charge is 0.375 e. The molecule has 1 aliphatic heterocycles. The number of halogens is 1. The quantitative estimate of drug-likeness (QED) is 0.827. The van der Waals surface area contributed by atoms with Crippen molar-refractivity contribution in [2.24, 2.45) is 5.92 Å². The first-order chi connectivity index (χ1) is 12.8. The Morgan fingerprint density at radius 2 is 2.00 bits per heavy atom. The number of aryl methyl sites for hydroxylation is 1. The third kappa shape index (κ3) is 2.69. The number of amides is 1. The van der Waals surface area contributed by atoms with Crippen LogP contribution in [0.2, 0.25) is 5.02 Å². The number of carbonyl (C=O) groups excluding carboxylic acids is 3. The number of nitrogens with zero attached hydrogens (tertiary/aromatic N) is 1. The summed E-state index contributed by atoms with van der Waals surface area (Å²) in [7, 11) is 1.54. The van der Waals surface area contributed by atoms with E-state index in [-0.39, 0.29) is 5.78 Å². The molecule has 138 valence electrons. The van der Waals surface area contributed by atoms with Gasteiger partial charge in [0.05, 0.1) is 11.6 Å². The lowest BCUT2D eigenvalue weighted by molar-refractivity contribution is -0.142. The average molecular weight is 384 g/mol. The van der Waals surface area contributed by atoms with E-state index in [2.05, 4.69) is 0 Å².